The van der Waals surface area contributed by atoms with Crippen LogP contribution in [0, 0.1) is 10.5 Å². The van der Waals surface area contributed by atoms with E-state index < -0.39 is 12.2 Å². The Hall–Kier alpha value is -0.240. The normalized spacial score (nSPS) is 11.6. The van der Waals surface area contributed by atoms with Crippen molar-refractivity contribution in [2.45, 2.75) is 13.3 Å². The van der Waals surface area contributed by atoms with Gasteiger partial charge in [-0.25, -0.2) is 0 Å². The summed E-state index contributed by atoms with van der Waals surface area (Å²) in [6.45, 7) is 1.46. The number of pyridine rings is 1. The predicted octanol–water partition coefficient (Wildman–Crippen LogP) is 3.55. The average molecular weight is 337 g/mol. The minimum Gasteiger partial charge on any atom is -0.388 e. The molecule has 0 atom stereocenters. The lowest BCUT2D eigenvalue weighted by Crippen LogP contribution is -2.18. The number of hydrogen-bond donors (Lipinski definition) is 0. The number of ether oxygens (including phenoxy) is 1. The molecule has 7 heteroatoms. The van der Waals surface area contributed by atoms with Crippen molar-refractivity contribution in [2.75, 3.05) is 0 Å². The zero-order chi connectivity index (χ0) is 10.9. The van der Waals surface area contributed by atoms with E-state index in [9.17, 15) is 13.2 Å². The summed E-state index contributed by atoms with van der Waals surface area (Å²) in [5, 5.41) is -0.00421. The van der Waals surface area contributed by atoms with Crippen LogP contribution in [0.1, 0.15) is 5.56 Å². The fourth-order valence-corrected chi connectivity index (χ4v) is 1.47. The zero-order valence-corrected chi connectivity index (χ0v) is 9.74. The van der Waals surface area contributed by atoms with E-state index in [-0.39, 0.29) is 10.7 Å². The van der Waals surface area contributed by atoms with Gasteiger partial charge in [0.25, 0.3) is 0 Å². The molecule has 0 aliphatic rings. The van der Waals surface area contributed by atoms with Gasteiger partial charge in [-0.15, -0.1) is 13.2 Å². The molecule has 78 valence electrons. The molecule has 0 radical (unpaired) electrons. The van der Waals surface area contributed by atoms with Crippen LogP contribution in [0.5, 0.6) is 5.88 Å². The topological polar surface area (TPSA) is 22.1 Å². The molecule has 0 fully saturated rings. The summed E-state index contributed by atoms with van der Waals surface area (Å²) >= 11 is 7.42. The lowest BCUT2D eigenvalue weighted by atomic mass is 10.3. The smallest absolute Gasteiger partial charge is 0.388 e. The first-order valence-electron chi connectivity index (χ1n) is 3.38. The molecule has 0 aromatic carbocycles. The molecule has 2 nitrogen and oxygen atoms in total. The van der Waals surface area contributed by atoms with E-state index in [4.69, 9.17) is 11.6 Å². The van der Waals surface area contributed by atoms with Gasteiger partial charge in [-0.05, 0) is 35.6 Å². The van der Waals surface area contributed by atoms with Crippen LogP contribution < -0.4 is 4.74 Å². The summed E-state index contributed by atoms with van der Waals surface area (Å²) in [5.41, 5.74) is 0.288. The van der Waals surface area contributed by atoms with Crippen molar-refractivity contribution in [1.82, 2.24) is 4.98 Å². The lowest BCUT2D eigenvalue weighted by Gasteiger charge is -2.10. The lowest BCUT2D eigenvalue weighted by molar-refractivity contribution is -0.276. The summed E-state index contributed by atoms with van der Waals surface area (Å²) in [7, 11) is 0. The van der Waals surface area contributed by atoms with Gasteiger partial charge in [0.05, 0.1) is 3.57 Å². The number of halogens is 5. The molecule has 1 aromatic heterocycles. The van der Waals surface area contributed by atoms with Crippen molar-refractivity contribution in [1.29, 1.82) is 0 Å². The van der Waals surface area contributed by atoms with Crippen LogP contribution in [0.15, 0.2) is 6.07 Å². The third-order valence-corrected chi connectivity index (χ3v) is 2.72. The van der Waals surface area contributed by atoms with Crippen LogP contribution >= 0.6 is 34.2 Å². The standard InChI is InChI=1S/C7H4ClF3INO/c1-3-2-4(12)5(8)13-6(3)14-7(9,10)11/h2H,1H3. The quantitative estimate of drug-likeness (QED) is 0.577. The van der Waals surface area contributed by atoms with E-state index in [0.717, 1.165) is 0 Å². The molecular weight excluding hydrogens is 333 g/mol. The van der Waals surface area contributed by atoms with Gasteiger partial charge < -0.3 is 4.74 Å². The minimum atomic E-state index is -4.74. The van der Waals surface area contributed by atoms with Gasteiger partial charge in [-0.1, -0.05) is 11.6 Å². The molecule has 0 aliphatic heterocycles. The SMILES string of the molecule is Cc1cc(I)c(Cl)nc1OC(F)(F)F. The van der Waals surface area contributed by atoms with Crippen molar-refractivity contribution >= 4 is 34.2 Å². The number of nitrogens with zero attached hydrogens (tertiary/aromatic N) is 1. The Balaban J connectivity index is 3.04. The van der Waals surface area contributed by atoms with Crippen molar-refractivity contribution in [3.05, 3.63) is 20.4 Å². The van der Waals surface area contributed by atoms with Crippen molar-refractivity contribution < 1.29 is 17.9 Å². The fourth-order valence-electron chi connectivity index (χ4n) is 0.755. The Morgan fingerprint density at radius 1 is 1.50 bits per heavy atom. The molecule has 0 unspecified atom stereocenters. The van der Waals surface area contributed by atoms with E-state index in [2.05, 4.69) is 9.72 Å². The van der Waals surface area contributed by atoms with E-state index >= 15 is 0 Å². The van der Waals surface area contributed by atoms with Gasteiger partial charge in [0.1, 0.15) is 5.15 Å². The maximum absolute atomic E-state index is 11.8. The highest BCUT2D eigenvalue weighted by Gasteiger charge is 2.32. The molecule has 14 heavy (non-hydrogen) atoms. The van der Waals surface area contributed by atoms with Crippen LogP contribution in [-0.4, -0.2) is 11.3 Å². The number of rotatable bonds is 1. The Morgan fingerprint density at radius 3 is 2.57 bits per heavy atom. The number of alkyl halides is 3. The van der Waals surface area contributed by atoms with Crippen molar-refractivity contribution in [3.8, 4) is 5.88 Å². The van der Waals surface area contributed by atoms with Gasteiger partial charge in [-0.3, -0.25) is 0 Å². The van der Waals surface area contributed by atoms with Gasteiger partial charge in [0.15, 0.2) is 0 Å². The second-order valence-electron chi connectivity index (χ2n) is 2.43. The monoisotopic (exact) mass is 337 g/mol. The highest BCUT2D eigenvalue weighted by Crippen LogP contribution is 2.28. The van der Waals surface area contributed by atoms with Crippen LogP contribution in [0.2, 0.25) is 5.15 Å². The Labute approximate surface area is 96.6 Å². The largest absolute Gasteiger partial charge is 0.574 e. The van der Waals surface area contributed by atoms with E-state index in [1.807, 2.05) is 22.6 Å². The Bertz CT molecular complexity index is 356. The van der Waals surface area contributed by atoms with Crippen LogP contribution in [0.25, 0.3) is 0 Å². The molecule has 1 rings (SSSR count). The molecule has 0 saturated carbocycles. The van der Waals surface area contributed by atoms with Crippen LogP contribution in [0.4, 0.5) is 13.2 Å². The molecule has 0 saturated heterocycles. The van der Waals surface area contributed by atoms with Crippen LogP contribution in [0.3, 0.4) is 0 Å². The maximum Gasteiger partial charge on any atom is 0.574 e. The highest BCUT2D eigenvalue weighted by atomic mass is 127. The first kappa shape index (κ1) is 11.8. The Kier molecular flexibility index (Phi) is 3.46. The molecule has 0 N–H and O–H groups in total. The van der Waals surface area contributed by atoms with Crippen LogP contribution in [-0.2, 0) is 0 Å². The first-order valence-corrected chi connectivity index (χ1v) is 4.83. The molecule has 1 aromatic rings. The first-order chi connectivity index (χ1) is 6.29. The maximum atomic E-state index is 11.8. The fraction of sp³-hybridized carbons (Fsp3) is 0.286. The highest BCUT2D eigenvalue weighted by molar-refractivity contribution is 14.1. The summed E-state index contributed by atoms with van der Waals surface area (Å²) in [6.07, 6.45) is -4.74. The van der Waals surface area contributed by atoms with Crippen molar-refractivity contribution in [3.63, 3.8) is 0 Å². The molecule has 0 aliphatic carbocycles. The third kappa shape index (κ3) is 3.16. The van der Waals surface area contributed by atoms with E-state index in [1.165, 1.54) is 13.0 Å². The molecule has 0 amide bonds. The second-order valence-corrected chi connectivity index (χ2v) is 3.95. The van der Waals surface area contributed by atoms with Gasteiger partial charge >= 0.3 is 6.36 Å². The number of aromatic nitrogens is 1. The second kappa shape index (κ2) is 4.09. The molecule has 0 spiro atoms. The van der Waals surface area contributed by atoms with E-state index in [1.54, 1.807) is 0 Å². The van der Waals surface area contributed by atoms with Gasteiger partial charge in [-0.2, -0.15) is 4.98 Å². The Morgan fingerprint density at radius 2 is 2.07 bits per heavy atom. The number of hydrogen-bond acceptors (Lipinski definition) is 2. The predicted molar refractivity (Wildman–Crippen MR) is 53.4 cm³/mol. The number of aryl methyl sites for hydroxylation is 1. The summed E-state index contributed by atoms with van der Waals surface area (Å²) < 4.78 is 39.8. The van der Waals surface area contributed by atoms with Gasteiger partial charge in [0.2, 0.25) is 5.88 Å². The molecule has 0 bridgehead atoms. The molecule has 1 heterocycles. The summed E-state index contributed by atoms with van der Waals surface area (Å²) in [4.78, 5) is 3.47. The average Bonchev–Trinajstić information content (AvgIpc) is 1.97. The summed E-state index contributed by atoms with van der Waals surface area (Å²) in [6, 6.07) is 1.47. The third-order valence-electron chi connectivity index (χ3n) is 1.29. The van der Waals surface area contributed by atoms with E-state index in [0.29, 0.717) is 3.57 Å². The van der Waals surface area contributed by atoms with Crippen molar-refractivity contribution in [2.24, 2.45) is 0 Å². The summed E-state index contributed by atoms with van der Waals surface area (Å²) in [5.74, 6) is -0.511. The van der Waals surface area contributed by atoms with Gasteiger partial charge in [0, 0.05) is 5.56 Å². The molecular formula is C7H4ClF3INO. The zero-order valence-electron chi connectivity index (χ0n) is 6.82. The minimum absolute atomic E-state index is 0.00421.